The van der Waals surface area contributed by atoms with Crippen molar-refractivity contribution in [3.8, 4) is 0 Å². The third-order valence-corrected chi connectivity index (χ3v) is 6.92. The van der Waals surface area contributed by atoms with Crippen molar-refractivity contribution >= 4 is 29.2 Å². The van der Waals surface area contributed by atoms with Gasteiger partial charge < -0.3 is 5.11 Å². The average Bonchev–Trinajstić information content (AvgIpc) is 2.47. The Morgan fingerprint density at radius 3 is 2.57 bits per heavy atom. The number of aliphatic carboxylic acids is 1. The summed E-state index contributed by atoms with van der Waals surface area (Å²) in [6.45, 7) is 0. The highest BCUT2D eigenvalue weighted by molar-refractivity contribution is 6.41. The summed E-state index contributed by atoms with van der Waals surface area (Å²) in [6.07, 6.45) is 6.47. The first-order chi connectivity index (χ1) is 10.9. The van der Waals surface area contributed by atoms with E-state index in [2.05, 4.69) is 5.10 Å². The minimum Gasteiger partial charge on any atom is -0.481 e. The Morgan fingerprint density at radius 2 is 1.96 bits per heavy atom. The van der Waals surface area contributed by atoms with Crippen LogP contribution in [0.25, 0.3) is 0 Å². The van der Waals surface area contributed by atoms with Crippen molar-refractivity contribution in [3.63, 3.8) is 0 Å². The molecule has 0 saturated heterocycles. The quantitative estimate of drug-likeness (QED) is 0.902. The molecule has 4 saturated carbocycles. The Kier molecular flexibility index (Phi) is 3.50. The summed E-state index contributed by atoms with van der Waals surface area (Å²) < 4.78 is 1.47. The molecule has 0 spiro atoms. The van der Waals surface area contributed by atoms with E-state index in [1.165, 1.54) is 17.3 Å². The van der Waals surface area contributed by atoms with Gasteiger partial charge >= 0.3 is 5.97 Å². The highest BCUT2D eigenvalue weighted by Crippen LogP contribution is 2.62. The SMILES string of the molecule is O=C(O)C[C@@H]1C2C[C@@H]3C[C@@H](C2)CC1(n1ncc(Cl)c(Cl)c1=O)C3. The van der Waals surface area contributed by atoms with E-state index in [-0.39, 0.29) is 22.4 Å². The molecule has 23 heavy (non-hydrogen) atoms. The fraction of sp³-hybridized carbons (Fsp3) is 0.688. The average molecular weight is 357 g/mol. The Balaban J connectivity index is 1.87. The van der Waals surface area contributed by atoms with E-state index in [0.717, 1.165) is 25.7 Å². The van der Waals surface area contributed by atoms with Gasteiger partial charge in [0, 0.05) is 0 Å². The number of aromatic nitrogens is 2. The molecule has 0 radical (unpaired) electrons. The van der Waals surface area contributed by atoms with Gasteiger partial charge in [0.2, 0.25) is 0 Å². The highest BCUT2D eigenvalue weighted by atomic mass is 35.5. The van der Waals surface area contributed by atoms with Gasteiger partial charge in [0.25, 0.3) is 5.56 Å². The first-order valence-electron chi connectivity index (χ1n) is 8.06. The second-order valence-electron chi connectivity index (χ2n) is 7.44. The Morgan fingerprint density at radius 1 is 1.30 bits per heavy atom. The number of rotatable bonds is 3. The van der Waals surface area contributed by atoms with Crippen molar-refractivity contribution in [1.29, 1.82) is 0 Å². The second kappa shape index (κ2) is 5.21. The number of nitrogens with zero attached hydrogens (tertiary/aromatic N) is 2. The lowest BCUT2D eigenvalue weighted by Crippen LogP contribution is -2.61. The predicted molar refractivity (Wildman–Crippen MR) is 85.8 cm³/mol. The zero-order valence-electron chi connectivity index (χ0n) is 12.5. The van der Waals surface area contributed by atoms with Crippen LogP contribution in [0.3, 0.4) is 0 Å². The molecule has 124 valence electrons. The minimum absolute atomic E-state index is 0.0218. The van der Waals surface area contributed by atoms with E-state index in [0.29, 0.717) is 17.8 Å². The topological polar surface area (TPSA) is 72.2 Å². The van der Waals surface area contributed by atoms with Gasteiger partial charge in [-0.2, -0.15) is 5.10 Å². The van der Waals surface area contributed by atoms with Crippen LogP contribution in [0, 0.1) is 23.7 Å². The van der Waals surface area contributed by atoms with E-state index in [1.54, 1.807) is 0 Å². The van der Waals surface area contributed by atoms with Crippen LogP contribution in [-0.4, -0.2) is 20.9 Å². The molecule has 4 aliphatic rings. The molecule has 1 aromatic heterocycles. The number of halogens is 2. The monoisotopic (exact) mass is 356 g/mol. The van der Waals surface area contributed by atoms with Gasteiger partial charge in [0.05, 0.1) is 23.2 Å². The predicted octanol–water partition coefficient (Wildman–Crippen LogP) is 3.18. The van der Waals surface area contributed by atoms with Gasteiger partial charge in [-0.15, -0.1) is 0 Å². The first kappa shape index (κ1) is 15.5. The molecule has 1 N–H and O–H groups in total. The van der Waals surface area contributed by atoms with Crippen molar-refractivity contribution in [2.75, 3.05) is 0 Å². The highest BCUT2D eigenvalue weighted by Gasteiger charge is 2.59. The van der Waals surface area contributed by atoms with Crippen LogP contribution in [0.2, 0.25) is 10.0 Å². The van der Waals surface area contributed by atoms with Crippen molar-refractivity contribution in [2.24, 2.45) is 23.7 Å². The number of hydrogen-bond acceptors (Lipinski definition) is 3. The molecular weight excluding hydrogens is 339 g/mol. The minimum atomic E-state index is -0.810. The van der Waals surface area contributed by atoms with Crippen molar-refractivity contribution in [3.05, 3.63) is 26.6 Å². The lowest BCUT2D eigenvalue weighted by atomic mass is 9.48. The van der Waals surface area contributed by atoms with Crippen LogP contribution in [0.15, 0.2) is 11.0 Å². The fourth-order valence-corrected chi connectivity index (χ4v) is 5.96. The maximum absolute atomic E-state index is 12.7. The summed E-state index contributed by atoms with van der Waals surface area (Å²) in [6, 6.07) is 0. The number of carboxylic acids is 1. The zero-order valence-corrected chi connectivity index (χ0v) is 14.1. The van der Waals surface area contributed by atoms with Crippen LogP contribution < -0.4 is 5.56 Å². The summed E-state index contributed by atoms with van der Waals surface area (Å²) in [5.41, 5.74) is -0.908. The summed E-state index contributed by atoms with van der Waals surface area (Å²) in [5.74, 6) is 0.604. The van der Waals surface area contributed by atoms with Crippen LogP contribution in [0.1, 0.15) is 38.5 Å². The standard InChI is InChI=1S/C16H18Cl2N2O3/c17-12-7-19-20(15(23)14(12)18)16-5-8-1-9(6-16)3-10(2-8)11(16)4-13(21)22/h7-11H,1-6H2,(H,21,22)/t8-,9-,10?,11+,16?/m0/s1. The first-order valence-corrected chi connectivity index (χ1v) is 8.82. The molecule has 1 heterocycles. The Hall–Kier alpha value is -1.07. The van der Waals surface area contributed by atoms with Crippen molar-refractivity contribution in [2.45, 2.75) is 44.1 Å². The molecule has 7 heteroatoms. The van der Waals surface area contributed by atoms with E-state index >= 15 is 0 Å². The van der Waals surface area contributed by atoms with Crippen LogP contribution >= 0.6 is 23.2 Å². The van der Waals surface area contributed by atoms with E-state index < -0.39 is 17.1 Å². The molecule has 4 aliphatic carbocycles. The lowest BCUT2D eigenvalue weighted by Gasteiger charge is -2.60. The molecule has 5 rings (SSSR count). The molecule has 0 amide bonds. The van der Waals surface area contributed by atoms with E-state index in [9.17, 15) is 14.7 Å². The molecule has 0 aliphatic heterocycles. The largest absolute Gasteiger partial charge is 0.481 e. The molecule has 0 aromatic carbocycles. The van der Waals surface area contributed by atoms with Crippen LogP contribution in [0.5, 0.6) is 0 Å². The number of hydrogen-bond donors (Lipinski definition) is 1. The molecule has 0 unspecified atom stereocenters. The molecular formula is C16H18Cl2N2O3. The molecule has 3 atom stereocenters. The number of carboxylic acid groups (broad SMARTS) is 1. The van der Waals surface area contributed by atoms with Gasteiger partial charge in [-0.3, -0.25) is 9.59 Å². The normalized spacial score (nSPS) is 38.0. The number of carbonyl (C=O) groups is 1. The smallest absolute Gasteiger partial charge is 0.303 e. The van der Waals surface area contributed by atoms with Gasteiger partial charge in [-0.1, -0.05) is 23.2 Å². The van der Waals surface area contributed by atoms with Gasteiger partial charge in [-0.05, 0) is 55.8 Å². The Labute approximate surface area is 143 Å². The molecule has 5 nitrogen and oxygen atoms in total. The second-order valence-corrected chi connectivity index (χ2v) is 8.22. The third kappa shape index (κ3) is 2.23. The maximum Gasteiger partial charge on any atom is 0.303 e. The van der Waals surface area contributed by atoms with E-state index in [1.807, 2.05) is 0 Å². The van der Waals surface area contributed by atoms with Crippen LogP contribution in [-0.2, 0) is 10.3 Å². The summed E-state index contributed by atoms with van der Waals surface area (Å²) >= 11 is 12.0. The lowest BCUT2D eigenvalue weighted by molar-refractivity contribution is -0.149. The molecule has 1 aromatic rings. The molecule has 4 fully saturated rings. The summed E-state index contributed by atoms with van der Waals surface area (Å²) in [4.78, 5) is 24.1. The molecule has 4 bridgehead atoms. The zero-order chi connectivity index (χ0) is 16.4. The van der Waals surface area contributed by atoms with Gasteiger partial charge in [-0.25, -0.2) is 4.68 Å². The van der Waals surface area contributed by atoms with Crippen LogP contribution in [0.4, 0.5) is 0 Å². The maximum atomic E-state index is 12.7. The summed E-state index contributed by atoms with van der Waals surface area (Å²) in [5, 5.41) is 13.8. The fourth-order valence-electron chi connectivity index (χ4n) is 5.71. The summed E-state index contributed by atoms with van der Waals surface area (Å²) in [7, 11) is 0. The third-order valence-electron chi connectivity index (χ3n) is 6.18. The van der Waals surface area contributed by atoms with Crippen molar-refractivity contribution in [1.82, 2.24) is 9.78 Å². The van der Waals surface area contributed by atoms with Gasteiger partial charge in [0.1, 0.15) is 5.02 Å². The Bertz CT molecular complexity index is 719. The van der Waals surface area contributed by atoms with Crippen molar-refractivity contribution < 1.29 is 9.90 Å². The van der Waals surface area contributed by atoms with Gasteiger partial charge in [0.15, 0.2) is 0 Å². The van der Waals surface area contributed by atoms with E-state index in [4.69, 9.17) is 23.2 Å².